The molecule has 3 aromatic carbocycles. The number of ether oxygens (including phenoxy) is 1. The zero-order valence-electron chi connectivity index (χ0n) is 13.6. The molecule has 0 fully saturated rings. The highest BCUT2D eigenvalue weighted by Gasteiger charge is 2.20. The Bertz CT molecular complexity index is 1210. The van der Waals surface area contributed by atoms with Gasteiger partial charge in [0.05, 0.1) is 15.2 Å². The quantitative estimate of drug-likeness (QED) is 0.546. The summed E-state index contributed by atoms with van der Waals surface area (Å²) in [5, 5.41) is 10.2. The molecule has 0 bridgehead atoms. The van der Waals surface area contributed by atoms with Crippen molar-refractivity contribution >= 4 is 31.0 Å². The molecule has 3 rings (SSSR count). The Morgan fingerprint density at radius 3 is 1.93 bits per heavy atom. The van der Waals surface area contributed by atoms with Crippen LogP contribution in [-0.2, 0) is 26.8 Å². The standard InChI is InChI=1S/C17H14O8S2/c18-15-8-13(26(19,20)21)6-12-7-14(27(22,23)24)9-16(17(12)15)25-10-11-4-2-1-3-5-11/h1-9,18H,10H2,(H,19,20,21)(H,22,23,24). The Balaban J connectivity index is 2.21. The summed E-state index contributed by atoms with van der Waals surface area (Å²) in [6, 6.07) is 12.7. The van der Waals surface area contributed by atoms with E-state index in [1.807, 2.05) is 0 Å². The number of hydrogen-bond acceptors (Lipinski definition) is 6. The summed E-state index contributed by atoms with van der Waals surface area (Å²) in [4.78, 5) is -1.18. The van der Waals surface area contributed by atoms with E-state index in [4.69, 9.17) is 4.74 Å². The zero-order valence-corrected chi connectivity index (χ0v) is 15.2. The molecule has 8 nitrogen and oxygen atoms in total. The van der Waals surface area contributed by atoms with E-state index in [2.05, 4.69) is 0 Å². The third-order valence-corrected chi connectivity index (χ3v) is 5.43. The van der Waals surface area contributed by atoms with Gasteiger partial charge in [0, 0.05) is 12.1 Å². The molecule has 3 N–H and O–H groups in total. The van der Waals surface area contributed by atoms with Crippen molar-refractivity contribution in [3.05, 3.63) is 60.2 Å². The highest BCUT2D eigenvalue weighted by atomic mass is 32.2. The molecule has 27 heavy (non-hydrogen) atoms. The first kappa shape index (κ1) is 19.1. The van der Waals surface area contributed by atoms with Gasteiger partial charge in [-0.05, 0) is 23.1 Å². The van der Waals surface area contributed by atoms with E-state index in [0.29, 0.717) is 0 Å². The van der Waals surface area contributed by atoms with Crippen LogP contribution in [0.15, 0.2) is 64.4 Å². The Hall–Kier alpha value is -2.66. The lowest BCUT2D eigenvalue weighted by molar-refractivity contribution is 0.308. The molecular weight excluding hydrogens is 396 g/mol. The van der Waals surface area contributed by atoms with Gasteiger partial charge in [0.25, 0.3) is 20.2 Å². The number of aromatic hydroxyl groups is 1. The fourth-order valence-electron chi connectivity index (χ4n) is 2.55. The van der Waals surface area contributed by atoms with Crippen LogP contribution in [0.3, 0.4) is 0 Å². The second kappa shape index (κ2) is 6.82. The van der Waals surface area contributed by atoms with E-state index in [0.717, 1.165) is 29.8 Å². The van der Waals surface area contributed by atoms with Crippen molar-refractivity contribution in [1.29, 1.82) is 0 Å². The molecule has 0 saturated carbocycles. The van der Waals surface area contributed by atoms with Crippen LogP contribution in [-0.4, -0.2) is 31.0 Å². The largest absolute Gasteiger partial charge is 0.507 e. The van der Waals surface area contributed by atoms with Crippen LogP contribution in [0.5, 0.6) is 11.5 Å². The molecule has 0 saturated heterocycles. The van der Waals surface area contributed by atoms with Gasteiger partial charge in [0.1, 0.15) is 18.1 Å². The highest BCUT2D eigenvalue weighted by molar-refractivity contribution is 7.86. The normalized spacial score (nSPS) is 12.2. The Kier molecular flexibility index (Phi) is 4.82. The SMILES string of the molecule is O=S(=O)(O)c1cc(O)c2c(OCc3ccccc3)cc(S(=O)(=O)O)cc2c1. The predicted molar refractivity (Wildman–Crippen MR) is 96.0 cm³/mol. The van der Waals surface area contributed by atoms with Crippen LogP contribution in [0.2, 0.25) is 0 Å². The van der Waals surface area contributed by atoms with E-state index in [9.17, 15) is 31.0 Å². The van der Waals surface area contributed by atoms with Gasteiger partial charge in [-0.3, -0.25) is 9.11 Å². The number of phenols is 1. The number of phenolic OH excluding ortho intramolecular Hbond substituents is 1. The highest BCUT2D eigenvalue weighted by Crippen LogP contribution is 2.38. The lowest BCUT2D eigenvalue weighted by Gasteiger charge is -2.13. The second-order valence-corrected chi connectivity index (χ2v) is 8.53. The Morgan fingerprint density at radius 2 is 1.37 bits per heavy atom. The summed E-state index contributed by atoms with van der Waals surface area (Å²) in [6.07, 6.45) is 0. The summed E-state index contributed by atoms with van der Waals surface area (Å²) >= 11 is 0. The van der Waals surface area contributed by atoms with Crippen LogP contribution >= 0.6 is 0 Å². The third kappa shape index (κ3) is 4.19. The lowest BCUT2D eigenvalue weighted by atomic mass is 10.1. The van der Waals surface area contributed by atoms with Gasteiger partial charge < -0.3 is 9.84 Å². The Labute approximate surface area is 155 Å². The molecule has 3 aromatic rings. The second-order valence-electron chi connectivity index (χ2n) is 5.69. The van der Waals surface area contributed by atoms with Gasteiger partial charge in [-0.1, -0.05) is 30.3 Å². The van der Waals surface area contributed by atoms with Gasteiger partial charge in [0.2, 0.25) is 0 Å². The zero-order chi connectivity index (χ0) is 19.8. The molecule has 0 radical (unpaired) electrons. The lowest BCUT2D eigenvalue weighted by Crippen LogP contribution is -2.03. The van der Waals surface area contributed by atoms with Gasteiger partial charge in [-0.25, -0.2) is 0 Å². The molecule has 10 heteroatoms. The minimum atomic E-state index is -4.65. The van der Waals surface area contributed by atoms with Gasteiger partial charge in [0.15, 0.2) is 0 Å². The third-order valence-electron chi connectivity index (χ3n) is 3.77. The summed E-state index contributed by atoms with van der Waals surface area (Å²) in [5.74, 6) is -0.617. The molecule has 0 unspecified atom stereocenters. The van der Waals surface area contributed by atoms with Crippen molar-refractivity contribution in [3.8, 4) is 11.5 Å². The van der Waals surface area contributed by atoms with Gasteiger partial charge in [-0.2, -0.15) is 16.8 Å². The molecule has 0 spiro atoms. The van der Waals surface area contributed by atoms with Crippen molar-refractivity contribution in [2.24, 2.45) is 0 Å². The summed E-state index contributed by atoms with van der Waals surface area (Å²) in [6.45, 7) is 0.0321. The first-order chi connectivity index (χ1) is 12.6. The number of fused-ring (bicyclic) bond motifs is 1. The van der Waals surface area contributed by atoms with Crippen molar-refractivity contribution in [1.82, 2.24) is 0 Å². The van der Waals surface area contributed by atoms with Crippen molar-refractivity contribution in [3.63, 3.8) is 0 Å². The van der Waals surface area contributed by atoms with Crippen molar-refractivity contribution in [2.45, 2.75) is 16.4 Å². The maximum Gasteiger partial charge on any atom is 0.294 e. The fourth-order valence-corrected chi connectivity index (χ4v) is 3.62. The summed E-state index contributed by atoms with van der Waals surface area (Å²) in [7, 11) is -9.28. The van der Waals surface area contributed by atoms with E-state index < -0.39 is 35.8 Å². The molecule has 0 heterocycles. The Morgan fingerprint density at radius 1 is 0.815 bits per heavy atom. The first-order valence-corrected chi connectivity index (χ1v) is 10.4. The molecule has 0 aliphatic rings. The van der Waals surface area contributed by atoms with E-state index >= 15 is 0 Å². The minimum Gasteiger partial charge on any atom is -0.507 e. The van der Waals surface area contributed by atoms with Crippen LogP contribution in [0.1, 0.15) is 5.56 Å². The van der Waals surface area contributed by atoms with Crippen molar-refractivity contribution in [2.75, 3.05) is 0 Å². The first-order valence-electron chi connectivity index (χ1n) is 7.48. The number of benzene rings is 3. The molecule has 0 amide bonds. The van der Waals surface area contributed by atoms with Crippen molar-refractivity contribution < 1.29 is 35.8 Å². The minimum absolute atomic E-state index is 0.0321. The molecule has 0 aromatic heterocycles. The summed E-state index contributed by atoms with van der Waals surface area (Å²) in [5.41, 5.74) is 0.761. The van der Waals surface area contributed by atoms with E-state index in [-0.39, 0.29) is 23.1 Å². The molecule has 0 aliphatic heterocycles. The summed E-state index contributed by atoms with van der Waals surface area (Å²) < 4.78 is 69.9. The van der Waals surface area contributed by atoms with Crippen LogP contribution in [0, 0.1) is 0 Å². The fraction of sp³-hybridized carbons (Fsp3) is 0.0588. The number of rotatable bonds is 5. The van der Waals surface area contributed by atoms with E-state index in [1.165, 1.54) is 0 Å². The monoisotopic (exact) mass is 410 g/mol. The average molecular weight is 410 g/mol. The van der Waals surface area contributed by atoms with Gasteiger partial charge >= 0.3 is 0 Å². The van der Waals surface area contributed by atoms with Crippen LogP contribution in [0.25, 0.3) is 10.8 Å². The van der Waals surface area contributed by atoms with Crippen LogP contribution in [0.4, 0.5) is 0 Å². The van der Waals surface area contributed by atoms with Crippen LogP contribution < -0.4 is 4.74 Å². The predicted octanol–water partition coefficient (Wildman–Crippen LogP) is 2.62. The average Bonchev–Trinajstić information content (AvgIpc) is 2.58. The molecule has 142 valence electrons. The maximum atomic E-state index is 11.5. The number of hydrogen-bond donors (Lipinski definition) is 3. The smallest absolute Gasteiger partial charge is 0.294 e. The molecule has 0 atom stereocenters. The maximum absolute atomic E-state index is 11.5. The van der Waals surface area contributed by atoms with E-state index in [1.54, 1.807) is 30.3 Å². The van der Waals surface area contributed by atoms with Gasteiger partial charge in [-0.15, -0.1) is 0 Å². The molecular formula is C17H14O8S2. The topological polar surface area (TPSA) is 138 Å². The molecule has 0 aliphatic carbocycles.